The maximum atomic E-state index is 14.2. The highest BCUT2D eigenvalue weighted by Gasteiger charge is 2.25. The smallest absolute Gasteiger partial charge is 0.129 e. The molecule has 1 aliphatic rings. The molecule has 3 heteroatoms. The minimum atomic E-state index is -0.456. The lowest BCUT2D eigenvalue weighted by Gasteiger charge is -2.26. The van der Waals surface area contributed by atoms with Crippen molar-refractivity contribution in [3.8, 4) is 0 Å². The van der Waals surface area contributed by atoms with Crippen molar-refractivity contribution in [3.63, 3.8) is 0 Å². The fourth-order valence-electron chi connectivity index (χ4n) is 3.20. The van der Waals surface area contributed by atoms with Crippen molar-refractivity contribution in [1.29, 1.82) is 0 Å². The lowest BCUT2D eigenvalue weighted by atomic mass is 9.79. The van der Waals surface area contributed by atoms with Gasteiger partial charge in [0.2, 0.25) is 0 Å². The second-order valence-electron chi connectivity index (χ2n) is 5.68. The third-order valence-corrected chi connectivity index (χ3v) is 4.35. The zero-order valence-electron chi connectivity index (χ0n) is 11.9. The maximum Gasteiger partial charge on any atom is 0.129 e. The molecule has 0 aromatic heterocycles. The molecule has 3 rings (SSSR count). The molecular formula is C18H17F3. The quantitative estimate of drug-likeness (QED) is 0.735. The SMILES string of the molecule is CCc1cc(F)c(C2CCc3cc(F)ccc3C2)c(F)c1. The monoisotopic (exact) mass is 290 g/mol. The molecule has 1 aliphatic carbocycles. The molecule has 0 bridgehead atoms. The summed E-state index contributed by atoms with van der Waals surface area (Å²) in [6.07, 6.45) is 2.48. The lowest BCUT2D eigenvalue weighted by Crippen LogP contribution is -2.16. The van der Waals surface area contributed by atoms with E-state index in [0.717, 1.165) is 11.1 Å². The van der Waals surface area contributed by atoms with E-state index in [1.54, 1.807) is 6.07 Å². The molecular weight excluding hydrogens is 273 g/mol. The number of fused-ring (bicyclic) bond motifs is 1. The molecule has 0 nitrogen and oxygen atoms in total. The molecule has 1 atom stereocenters. The normalized spacial score (nSPS) is 17.6. The Morgan fingerprint density at radius 2 is 1.71 bits per heavy atom. The summed E-state index contributed by atoms with van der Waals surface area (Å²) in [5, 5.41) is 0. The van der Waals surface area contributed by atoms with Crippen LogP contribution in [0.15, 0.2) is 30.3 Å². The van der Waals surface area contributed by atoms with Crippen molar-refractivity contribution in [2.24, 2.45) is 0 Å². The second kappa shape index (κ2) is 5.55. The van der Waals surface area contributed by atoms with Gasteiger partial charge in [0.15, 0.2) is 0 Å². The van der Waals surface area contributed by atoms with Gasteiger partial charge < -0.3 is 0 Å². The highest BCUT2D eigenvalue weighted by atomic mass is 19.1. The Bertz CT molecular complexity index is 653. The van der Waals surface area contributed by atoms with Crippen LogP contribution >= 0.6 is 0 Å². The third-order valence-electron chi connectivity index (χ3n) is 4.35. The second-order valence-corrected chi connectivity index (χ2v) is 5.68. The van der Waals surface area contributed by atoms with Gasteiger partial charge >= 0.3 is 0 Å². The van der Waals surface area contributed by atoms with Crippen molar-refractivity contribution < 1.29 is 13.2 Å². The summed E-state index contributed by atoms with van der Waals surface area (Å²) >= 11 is 0. The Hall–Kier alpha value is -1.77. The summed E-state index contributed by atoms with van der Waals surface area (Å²) in [4.78, 5) is 0. The van der Waals surface area contributed by atoms with E-state index < -0.39 is 11.6 Å². The zero-order valence-corrected chi connectivity index (χ0v) is 11.9. The van der Waals surface area contributed by atoms with Crippen LogP contribution in [0.5, 0.6) is 0 Å². The Morgan fingerprint density at radius 3 is 2.38 bits per heavy atom. The summed E-state index contributed by atoms with van der Waals surface area (Å²) in [6.45, 7) is 1.87. The molecule has 0 heterocycles. The first-order valence-electron chi connectivity index (χ1n) is 7.33. The van der Waals surface area contributed by atoms with Crippen LogP contribution in [0, 0.1) is 17.5 Å². The van der Waals surface area contributed by atoms with Gasteiger partial charge in [-0.1, -0.05) is 13.0 Å². The number of rotatable bonds is 2. The number of halogens is 3. The first-order chi connectivity index (χ1) is 10.1. The van der Waals surface area contributed by atoms with Crippen molar-refractivity contribution in [3.05, 3.63) is 70.0 Å². The van der Waals surface area contributed by atoms with Crippen molar-refractivity contribution in [1.82, 2.24) is 0 Å². The van der Waals surface area contributed by atoms with Crippen LogP contribution < -0.4 is 0 Å². The van der Waals surface area contributed by atoms with E-state index in [9.17, 15) is 13.2 Å². The molecule has 110 valence electrons. The van der Waals surface area contributed by atoms with Gasteiger partial charge in [-0.15, -0.1) is 0 Å². The standard InChI is InChI=1S/C18H17F3/c1-2-11-7-16(20)18(17(21)8-11)14-4-3-13-10-15(19)6-5-12(13)9-14/h5-8,10,14H,2-4,9H2,1H3. The molecule has 0 fully saturated rings. The van der Waals surface area contributed by atoms with Crippen LogP contribution in [-0.2, 0) is 19.3 Å². The number of aryl methyl sites for hydroxylation is 2. The Balaban J connectivity index is 1.95. The van der Waals surface area contributed by atoms with Crippen LogP contribution in [0.4, 0.5) is 13.2 Å². The summed E-state index contributed by atoms with van der Waals surface area (Å²) in [6, 6.07) is 7.52. The van der Waals surface area contributed by atoms with E-state index in [1.807, 2.05) is 6.92 Å². The van der Waals surface area contributed by atoms with Crippen molar-refractivity contribution >= 4 is 0 Å². The Morgan fingerprint density at radius 1 is 1.00 bits per heavy atom. The molecule has 0 aliphatic heterocycles. The van der Waals surface area contributed by atoms with E-state index in [2.05, 4.69) is 0 Å². The molecule has 0 saturated heterocycles. The number of hydrogen-bond donors (Lipinski definition) is 0. The van der Waals surface area contributed by atoms with Crippen LogP contribution in [0.3, 0.4) is 0 Å². The van der Waals surface area contributed by atoms with Gasteiger partial charge in [-0.3, -0.25) is 0 Å². The van der Waals surface area contributed by atoms with E-state index in [4.69, 9.17) is 0 Å². The molecule has 0 radical (unpaired) electrons. The van der Waals surface area contributed by atoms with Gasteiger partial charge in [0.1, 0.15) is 17.5 Å². The molecule has 2 aromatic rings. The lowest BCUT2D eigenvalue weighted by molar-refractivity contribution is 0.488. The largest absolute Gasteiger partial charge is 0.207 e. The van der Waals surface area contributed by atoms with E-state index in [0.29, 0.717) is 31.2 Å². The zero-order chi connectivity index (χ0) is 15.0. The fourth-order valence-corrected chi connectivity index (χ4v) is 3.20. The highest BCUT2D eigenvalue weighted by Crippen LogP contribution is 2.35. The van der Waals surface area contributed by atoms with Gasteiger partial charge in [0, 0.05) is 5.56 Å². The third kappa shape index (κ3) is 2.69. The molecule has 1 unspecified atom stereocenters. The minimum absolute atomic E-state index is 0.172. The predicted octanol–water partition coefficient (Wildman–Crippen LogP) is 4.94. The minimum Gasteiger partial charge on any atom is -0.207 e. The summed E-state index contributed by atoms with van der Waals surface area (Å²) < 4.78 is 41.7. The molecule has 0 saturated carbocycles. The van der Waals surface area contributed by atoms with E-state index in [1.165, 1.54) is 24.3 Å². The summed E-state index contributed by atoms with van der Waals surface area (Å²) in [5.41, 5.74) is 2.80. The number of hydrogen-bond acceptors (Lipinski definition) is 0. The van der Waals surface area contributed by atoms with Crippen LogP contribution in [-0.4, -0.2) is 0 Å². The first kappa shape index (κ1) is 14.2. The van der Waals surface area contributed by atoms with E-state index in [-0.39, 0.29) is 17.3 Å². The number of benzene rings is 2. The van der Waals surface area contributed by atoms with Gasteiger partial charge in [-0.05, 0) is 72.6 Å². The first-order valence-corrected chi connectivity index (χ1v) is 7.33. The Kier molecular flexibility index (Phi) is 3.75. The predicted molar refractivity (Wildman–Crippen MR) is 76.9 cm³/mol. The molecule has 0 N–H and O–H groups in total. The molecule has 0 amide bonds. The van der Waals surface area contributed by atoms with Crippen molar-refractivity contribution in [2.75, 3.05) is 0 Å². The van der Waals surface area contributed by atoms with E-state index >= 15 is 0 Å². The average molecular weight is 290 g/mol. The average Bonchev–Trinajstić information content (AvgIpc) is 2.46. The Labute approximate surface area is 122 Å². The van der Waals surface area contributed by atoms with Gasteiger partial charge in [-0.2, -0.15) is 0 Å². The molecule has 21 heavy (non-hydrogen) atoms. The summed E-state index contributed by atoms with van der Waals surface area (Å²) in [7, 11) is 0. The highest BCUT2D eigenvalue weighted by molar-refractivity contribution is 5.36. The van der Waals surface area contributed by atoms with Gasteiger partial charge in [0.25, 0.3) is 0 Å². The maximum absolute atomic E-state index is 14.2. The molecule has 0 spiro atoms. The van der Waals surface area contributed by atoms with Gasteiger partial charge in [0.05, 0.1) is 0 Å². The fraction of sp³-hybridized carbons (Fsp3) is 0.333. The molecule has 2 aromatic carbocycles. The van der Waals surface area contributed by atoms with Crippen LogP contribution in [0.2, 0.25) is 0 Å². The van der Waals surface area contributed by atoms with Gasteiger partial charge in [-0.25, -0.2) is 13.2 Å². The summed E-state index contributed by atoms with van der Waals surface area (Å²) in [5.74, 6) is -1.34. The van der Waals surface area contributed by atoms with Crippen molar-refractivity contribution in [2.45, 2.75) is 38.5 Å². The van der Waals surface area contributed by atoms with Crippen LogP contribution in [0.25, 0.3) is 0 Å². The van der Waals surface area contributed by atoms with Crippen LogP contribution in [0.1, 0.15) is 41.5 Å². The topological polar surface area (TPSA) is 0 Å².